The number of fused-ring (bicyclic) bond motifs is 1. The summed E-state index contributed by atoms with van der Waals surface area (Å²) in [4.78, 5) is 25.5. The molecule has 5 atom stereocenters. The van der Waals surface area contributed by atoms with Crippen LogP contribution in [0.4, 0.5) is 0 Å². The van der Waals surface area contributed by atoms with Gasteiger partial charge in [0.25, 0.3) is 0 Å². The largest absolute Gasteiger partial charge is 0.464 e. The number of nitrogens with one attached hydrogen (secondary N) is 2. The van der Waals surface area contributed by atoms with Gasteiger partial charge in [-0.05, 0) is 78.2 Å². The van der Waals surface area contributed by atoms with Crippen LogP contribution in [0, 0.1) is 5.41 Å². The summed E-state index contributed by atoms with van der Waals surface area (Å²) in [7, 11) is -5.54. The van der Waals surface area contributed by atoms with Gasteiger partial charge in [0.2, 0.25) is 0 Å². The van der Waals surface area contributed by atoms with Gasteiger partial charge in [-0.15, -0.1) is 0 Å². The molecule has 0 fully saturated rings. The summed E-state index contributed by atoms with van der Waals surface area (Å²) in [5.41, 5.74) is -0.326. The first-order valence-corrected chi connectivity index (χ1v) is 17.5. The number of benzene rings is 2. The lowest BCUT2D eigenvalue weighted by Gasteiger charge is -2.36. The van der Waals surface area contributed by atoms with Crippen molar-refractivity contribution in [2.75, 3.05) is 6.61 Å². The van der Waals surface area contributed by atoms with Crippen LogP contribution in [0.2, 0.25) is 0 Å². The molecular formula is C31H49N2O7P2+. The highest BCUT2D eigenvalue weighted by atomic mass is 31.2. The van der Waals surface area contributed by atoms with Gasteiger partial charge in [0.05, 0.1) is 17.9 Å². The molecule has 2 aromatic carbocycles. The lowest BCUT2D eigenvalue weighted by Crippen LogP contribution is -2.41. The van der Waals surface area contributed by atoms with Gasteiger partial charge in [-0.3, -0.25) is 14.2 Å². The maximum atomic E-state index is 14.8. The maximum absolute atomic E-state index is 14.8. The molecule has 0 aliphatic heterocycles. The zero-order chi connectivity index (χ0) is 31.9. The fourth-order valence-corrected chi connectivity index (χ4v) is 6.82. The predicted octanol–water partition coefficient (Wildman–Crippen LogP) is 7.60. The van der Waals surface area contributed by atoms with E-state index in [1.165, 1.54) is 0 Å². The van der Waals surface area contributed by atoms with Crippen LogP contribution in [0.5, 0.6) is 5.75 Å². The second-order valence-electron chi connectivity index (χ2n) is 13.0. The molecular weight excluding hydrogens is 574 g/mol. The average molecular weight is 624 g/mol. The fraction of sp³-hybridized carbons (Fsp3) is 0.613. The highest BCUT2D eigenvalue weighted by molar-refractivity contribution is 7.59. The summed E-state index contributed by atoms with van der Waals surface area (Å²) in [5, 5.41) is 6.54. The molecule has 2 N–H and O–H groups in total. The van der Waals surface area contributed by atoms with Crippen molar-refractivity contribution in [2.24, 2.45) is 5.41 Å². The number of ether oxygens (including phenoxy) is 2. The Hall–Kier alpha value is -2.31. The molecule has 0 spiro atoms. The van der Waals surface area contributed by atoms with Gasteiger partial charge >= 0.3 is 27.4 Å². The van der Waals surface area contributed by atoms with E-state index in [1.54, 1.807) is 26.8 Å². The Bertz CT molecular complexity index is 1280. The topological polar surface area (TPSA) is 120 Å². The Labute approximate surface area is 252 Å². The SMILES string of the molecule is CC(CCC(C)(C)P(=O)(N[C@@H](C)C(=O)OCC(C)(C)C)Oc1cccc2ccccc12)OC(=O)[C@H](C)N[P+](=O)C(C)C. The third-order valence-electron chi connectivity index (χ3n) is 6.76. The van der Waals surface area contributed by atoms with E-state index in [1.807, 2.05) is 84.9 Å². The standard InChI is InChI=1S/C31H49N2O7P2/c1-21(2)41(36)32-23(4)29(35)39-22(3)18-19-31(9,10)42(37,33-24(5)28(34)38-20-30(6,7)8)40-27-17-13-15-25-14-11-12-16-26(25)27/h11-17,21-24H,18-20H2,1-10H3,(H,32,36)(H,33,37)/q+1/t22?,23-,24-,42?/m0/s1. The van der Waals surface area contributed by atoms with Gasteiger partial charge in [-0.1, -0.05) is 66.8 Å². The molecule has 0 aliphatic carbocycles. The van der Waals surface area contributed by atoms with E-state index in [0.29, 0.717) is 18.6 Å². The fourth-order valence-electron chi connectivity index (χ4n) is 3.91. The Morgan fingerprint density at radius 1 is 0.905 bits per heavy atom. The summed E-state index contributed by atoms with van der Waals surface area (Å²) in [6.45, 7) is 18.3. The molecule has 2 aromatic rings. The van der Waals surface area contributed by atoms with Crippen LogP contribution in [0.3, 0.4) is 0 Å². The third kappa shape index (κ3) is 10.4. The van der Waals surface area contributed by atoms with Gasteiger partial charge in [0, 0.05) is 5.39 Å². The first-order chi connectivity index (χ1) is 19.3. The number of carbonyl (C=O) groups is 2. The molecule has 0 heterocycles. The summed E-state index contributed by atoms with van der Waals surface area (Å²) >= 11 is 0. The van der Waals surface area contributed by atoms with Crippen LogP contribution in [-0.2, 0) is 28.2 Å². The van der Waals surface area contributed by atoms with Crippen molar-refractivity contribution in [3.05, 3.63) is 42.5 Å². The van der Waals surface area contributed by atoms with E-state index in [0.717, 1.165) is 10.8 Å². The van der Waals surface area contributed by atoms with E-state index in [4.69, 9.17) is 14.0 Å². The molecule has 9 nitrogen and oxygen atoms in total. The van der Waals surface area contributed by atoms with Crippen LogP contribution in [0.25, 0.3) is 10.8 Å². The molecule has 0 aliphatic rings. The average Bonchev–Trinajstić information content (AvgIpc) is 2.90. The Morgan fingerprint density at radius 2 is 1.52 bits per heavy atom. The first kappa shape index (κ1) is 35.9. The summed E-state index contributed by atoms with van der Waals surface area (Å²) in [6, 6.07) is 11.5. The third-order valence-corrected chi connectivity index (χ3v) is 11.3. The predicted molar refractivity (Wildman–Crippen MR) is 169 cm³/mol. The molecule has 3 unspecified atom stereocenters. The van der Waals surface area contributed by atoms with Crippen molar-refractivity contribution >= 4 is 38.2 Å². The van der Waals surface area contributed by atoms with Gasteiger partial charge in [0.15, 0.2) is 5.66 Å². The number of esters is 2. The molecule has 11 heteroatoms. The van der Waals surface area contributed by atoms with E-state index < -0.39 is 50.8 Å². The summed E-state index contributed by atoms with van der Waals surface area (Å²) in [5.74, 6) is -0.593. The number of hydrogen-bond donors (Lipinski definition) is 2. The second-order valence-corrected chi connectivity index (χ2v) is 17.7. The number of carbonyl (C=O) groups excluding carboxylic acids is 2. The van der Waals surface area contributed by atoms with Gasteiger partial charge in [-0.25, -0.2) is 5.09 Å². The molecule has 2 rings (SSSR count). The quantitative estimate of drug-likeness (QED) is 0.153. The Kier molecular flexibility index (Phi) is 12.7. The molecule has 0 saturated carbocycles. The zero-order valence-electron chi connectivity index (χ0n) is 26.7. The Balaban J connectivity index is 2.26. The molecule has 0 bridgehead atoms. The lowest BCUT2D eigenvalue weighted by molar-refractivity contribution is -0.150. The minimum Gasteiger partial charge on any atom is -0.464 e. The normalized spacial score (nSPS) is 16.3. The van der Waals surface area contributed by atoms with E-state index in [2.05, 4.69) is 10.2 Å². The van der Waals surface area contributed by atoms with Gasteiger partial charge in [-0.2, -0.15) is 0 Å². The van der Waals surface area contributed by atoms with E-state index in [-0.39, 0.29) is 17.7 Å². The van der Waals surface area contributed by atoms with Crippen molar-refractivity contribution in [2.45, 2.75) is 111 Å². The van der Waals surface area contributed by atoms with Crippen molar-refractivity contribution in [3.8, 4) is 5.75 Å². The monoisotopic (exact) mass is 623 g/mol. The molecule has 0 radical (unpaired) electrons. The van der Waals surface area contributed by atoms with Crippen molar-refractivity contribution < 1.29 is 32.7 Å². The lowest BCUT2D eigenvalue weighted by atomic mass is 9.99. The highest BCUT2D eigenvalue weighted by Gasteiger charge is 2.46. The van der Waals surface area contributed by atoms with E-state index in [9.17, 15) is 18.7 Å². The van der Waals surface area contributed by atoms with E-state index >= 15 is 0 Å². The minimum absolute atomic E-state index is 0.106. The minimum atomic E-state index is -3.80. The molecule has 0 amide bonds. The number of hydrogen-bond acceptors (Lipinski definition) is 7. The molecule has 42 heavy (non-hydrogen) atoms. The van der Waals surface area contributed by atoms with Gasteiger partial charge < -0.3 is 14.0 Å². The maximum Gasteiger partial charge on any atom is 0.435 e. The van der Waals surface area contributed by atoms with Crippen LogP contribution in [0.15, 0.2) is 42.5 Å². The summed E-state index contributed by atoms with van der Waals surface area (Å²) < 4.78 is 44.4. The first-order valence-electron chi connectivity index (χ1n) is 14.5. The molecule has 234 valence electrons. The van der Waals surface area contributed by atoms with Crippen molar-refractivity contribution in [3.63, 3.8) is 0 Å². The van der Waals surface area contributed by atoms with Crippen LogP contribution in [0.1, 0.15) is 82.1 Å². The van der Waals surface area contributed by atoms with Crippen LogP contribution in [-0.4, -0.2) is 47.5 Å². The number of rotatable bonds is 15. The van der Waals surface area contributed by atoms with Crippen molar-refractivity contribution in [1.82, 2.24) is 10.2 Å². The van der Waals surface area contributed by atoms with Crippen molar-refractivity contribution in [1.29, 1.82) is 0 Å². The highest BCUT2D eigenvalue weighted by Crippen LogP contribution is 2.58. The zero-order valence-corrected chi connectivity index (χ0v) is 28.5. The van der Waals surface area contributed by atoms with Crippen LogP contribution >= 0.6 is 15.5 Å². The molecule has 0 saturated heterocycles. The Morgan fingerprint density at radius 3 is 2.14 bits per heavy atom. The molecule has 0 aromatic heterocycles. The second kappa shape index (κ2) is 14.9. The smallest absolute Gasteiger partial charge is 0.435 e. The van der Waals surface area contributed by atoms with Gasteiger partial charge in [0.1, 0.15) is 17.8 Å². The van der Waals surface area contributed by atoms with Crippen LogP contribution < -0.4 is 14.7 Å². The summed E-state index contributed by atoms with van der Waals surface area (Å²) in [6.07, 6.45) is 0.232.